The Hall–Kier alpha value is -1.03. The summed E-state index contributed by atoms with van der Waals surface area (Å²) in [7, 11) is 0. The Kier molecular flexibility index (Phi) is 5.00. The van der Waals surface area contributed by atoms with Crippen LogP contribution in [-0.2, 0) is 12.6 Å². The first-order valence-corrected chi connectivity index (χ1v) is 5.70. The lowest BCUT2D eigenvalue weighted by Gasteiger charge is -2.11. The minimum atomic E-state index is -4.26. The second-order valence-electron chi connectivity index (χ2n) is 4.37. The Morgan fingerprint density at radius 1 is 1.18 bits per heavy atom. The summed E-state index contributed by atoms with van der Waals surface area (Å²) < 4.78 is 37.0. The van der Waals surface area contributed by atoms with Crippen molar-refractivity contribution in [1.82, 2.24) is 0 Å². The summed E-state index contributed by atoms with van der Waals surface area (Å²) in [5, 5.41) is 8.68. The van der Waals surface area contributed by atoms with Crippen LogP contribution in [0.1, 0.15) is 30.9 Å². The van der Waals surface area contributed by atoms with Gasteiger partial charge in [0, 0.05) is 6.61 Å². The van der Waals surface area contributed by atoms with E-state index in [4.69, 9.17) is 5.11 Å². The van der Waals surface area contributed by atoms with Crippen LogP contribution in [0.25, 0.3) is 0 Å². The molecule has 0 saturated heterocycles. The highest BCUT2D eigenvalue weighted by atomic mass is 19.4. The van der Waals surface area contributed by atoms with Crippen LogP contribution >= 0.6 is 0 Å². The molecule has 0 aliphatic heterocycles. The number of benzene rings is 1. The molecule has 1 nitrogen and oxygen atoms in total. The number of alkyl halides is 3. The summed E-state index contributed by atoms with van der Waals surface area (Å²) >= 11 is 0. The van der Waals surface area contributed by atoms with E-state index in [9.17, 15) is 13.2 Å². The summed E-state index contributed by atoms with van der Waals surface area (Å²) in [5.41, 5.74) is 0.299. The maximum absolute atomic E-state index is 12.3. The summed E-state index contributed by atoms with van der Waals surface area (Å²) in [5.74, 6) is 0.374. The van der Waals surface area contributed by atoms with Crippen LogP contribution < -0.4 is 0 Å². The van der Waals surface area contributed by atoms with Crippen LogP contribution in [0.2, 0.25) is 0 Å². The molecule has 0 amide bonds. The molecule has 4 heteroatoms. The first-order valence-electron chi connectivity index (χ1n) is 5.70. The van der Waals surface area contributed by atoms with Crippen molar-refractivity contribution in [2.24, 2.45) is 5.92 Å². The number of hydrogen-bond donors (Lipinski definition) is 1. The molecule has 0 bridgehead atoms. The first kappa shape index (κ1) is 14.0. The van der Waals surface area contributed by atoms with Crippen molar-refractivity contribution < 1.29 is 18.3 Å². The molecule has 1 rings (SSSR count). The molecule has 96 valence electrons. The molecule has 1 atom stereocenters. The molecule has 0 radical (unpaired) electrons. The van der Waals surface area contributed by atoms with Gasteiger partial charge in [0.2, 0.25) is 0 Å². The fraction of sp³-hybridized carbons (Fsp3) is 0.538. The minimum Gasteiger partial charge on any atom is -0.396 e. The number of aliphatic hydroxyl groups excluding tert-OH is 1. The number of aliphatic hydroxyl groups is 1. The van der Waals surface area contributed by atoms with Crippen molar-refractivity contribution in [3.05, 3.63) is 35.4 Å². The van der Waals surface area contributed by atoms with Crippen molar-refractivity contribution >= 4 is 0 Å². The van der Waals surface area contributed by atoms with Crippen LogP contribution in [0.3, 0.4) is 0 Å². The summed E-state index contributed by atoms with van der Waals surface area (Å²) in [6.07, 6.45) is -1.89. The predicted octanol–water partition coefficient (Wildman–Crippen LogP) is 3.66. The average Bonchev–Trinajstić information content (AvgIpc) is 2.26. The van der Waals surface area contributed by atoms with Gasteiger partial charge in [0.15, 0.2) is 0 Å². The highest BCUT2D eigenvalue weighted by molar-refractivity contribution is 5.24. The molecule has 1 N–H and O–H groups in total. The topological polar surface area (TPSA) is 20.2 Å². The fourth-order valence-corrected chi connectivity index (χ4v) is 1.77. The largest absolute Gasteiger partial charge is 0.416 e. The smallest absolute Gasteiger partial charge is 0.396 e. The fourth-order valence-electron chi connectivity index (χ4n) is 1.77. The Balaban J connectivity index is 2.56. The summed E-state index contributed by atoms with van der Waals surface area (Å²) in [4.78, 5) is 0. The van der Waals surface area contributed by atoms with E-state index in [-0.39, 0.29) is 6.61 Å². The van der Waals surface area contributed by atoms with Gasteiger partial charge in [-0.15, -0.1) is 0 Å². The molecule has 0 aliphatic carbocycles. The second kappa shape index (κ2) is 6.05. The third-order valence-corrected chi connectivity index (χ3v) is 2.72. The van der Waals surface area contributed by atoms with Crippen molar-refractivity contribution in [2.75, 3.05) is 6.61 Å². The van der Waals surface area contributed by atoms with Crippen LogP contribution in [0.5, 0.6) is 0 Å². The molecular formula is C13H17F3O. The van der Waals surface area contributed by atoms with E-state index in [0.29, 0.717) is 5.92 Å². The van der Waals surface area contributed by atoms with Gasteiger partial charge in [-0.2, -0.15) is 13.2 Å². The van der Waals surface area contributed by atoms with E-state index in [1.54, 1.807) is 0 Å². The monoisotopic (exact) mass is 246 g/mol. The summed E-state index contributed by atoms with van der Waals surface area (Å²) in [6, 6.07) is 5.29. The number of hydrogen-bond acceptors (Lipinski definition) is 1. The second-order valence-corrected chi connectivity index (χ2v) is 4.37. The van der Waals surface area contributed by atoms with E-state index < -0.39 is 11.7 Å². The van der Waals surface area contributed by atoms with Crippen LogP contribution in [0.15, 0.2) is 24.3 Å². The van der Waals surface area contributed by atoms with Crippen LogP contribution in [0, 0.1) is 5.92 Å². The van der Waals surface area contributed by atoms with Gasteiger partial charge < -0.3 is 5.11 Å². The Labute approximate surface area is 99.3 Å². The molecule has 1 aromatic carbocycles. The van der Waals surface area contributed by atoms with Gasteiger partial charge in [0.1, 0.15) is 0 Å². The quantitative estimate of drug-likeness (QED) is 0.840. The number of rotatable bonds is 5. The van der Waals surface area contributed by atoms with E-state index in [1.807, 2.05) is 6.92 Å². The van der Waals surface area contributed by atoms with Crippen molar-refractivity contribution in [2.45, 2.75) is 32.4 Å². The Bertz CT molecular complexity index is 330. The van der Waals surface area contributed by atoms with E-state index >= 15 is 0 Å². The minimum absolute atomic E-state index is 0.164. The molecule has 0 aliphatic rings. The van der Waals surface area contributed by atoms with Crippen molar-refractivity contribution in [3.8, 4) is 0 Å². The lowest BCUT2D eigenvalue weighted by Crippen LogP contribution is -2.05. The predicted molar refractivity (Wildman–Crippen MR) is 60.6 cm³/mol. The molecular weight excluding hydrogens is 229 g/mol. The molecule has 0 spiro atoms. The molecule has 0 fully saturated rings. The van der Waals surface area contributed by atoms with Gasteiger partial charge in [0.25, 0.3) is 0 Å². The third-order valence-electron chi connectivity index (χ3n) is 2.72. The van der Waals surface area contributed by atoms with Gasteiger partial charge in [-0.3, -0.25) is 0 Å². The van der Waals surface area contributed by atoms with E-state index in [1.165, 1.54) is 12.1 Å². The molecule has 0 heterocycles. The highest BCUT2D eigenvalue weighted by Crippen LogP contribution is 2.29. The number of halogens is 3. The maximum atomic E-state index is 12.3. The third kappa shape index (κ3) is 4.77. The molecule has 0 aromatic heterocycles. The van der Waals surface area contributed by atoms with E-state index in [0.717, 1.165) is 37.0 Å². The van der Waals surface area contributed by atoms with Gasteiger partial charge >= 0.3 is 6.18 Å². The lowest BCUT2D eigenvalue weighted by atomic mass is 9.96. The van der Waals surface area contributed by atoms with Gasteiger partial charge in [-0.1, -0.05) is 19.1 Å². The maximum Gasteiger partial charge on any atom is 0.416 e. The molecule has 0 saturated carbocycles. The molecule has 17 heavy (non-hydrogen) atoms. The zero-order valence-electron chi connectivity index (χ0n) is 9.80. The molecule has 1 unspecified atom stereocenters. The molecule has 1 aromatic rings. The highest BCUT2D eigenvalue weighted by Gasteiger charge is 2.29. The van der Waals surface area contributed by atoms with Gasteiger partial charge in [-0.25, -0.2) is 0 Å². The van der Waals surface area contributed by atoms with Crippen molar-refractivity contribution in [1.29, 1.82) is 0 Å². The van der Waals surface area contributed by atoms with Gasteiger partial charge in [-0.05, 0) is 42.9 Å². The standard InChI is InChI=1S/C13H17F3O/c1-10(3-2-8-17)9-11-4-6-12(7-5-11)13(14,15)16/h4-7,10,17H,2-3,8-9H2,1H3. The van der Waals surface area contributed by atoms with Crippen LogP contribution in [-0.4, -0.2) is 11.7 Å². The lowest BCUT2D eigenvalue weighted by molar-refractivity contribution is -0.137. The van der Waals surface area contributed by atoms with Crippen LogP contribution in [0.4, 0.5) is 13.2 Å². The first-order chi connectivity index (χ1) is 7.93. The van der Waals surface area contributed by atoms with Gasteiger partial charge in [0.05, 0.1) is 5.56 Å². The Morgan fingerprint density at radius 3 is 2.24 bits per heavy atom. The van der Waals surface area contributed by atoms with E-state index in [2.05, 4.69) is 0 Å². The zero-order chi connectivity index (χ0) is 12.9. The summed E-state index contributed by atoms with van der Waals surface area (Å²) in [6.45, 7) is 2.20. The zero-order valence-corrected chi connectivity index (χ0v) is 9.80. The normalized spacial score (nSPS) is 13.7. The SMILES string of the molecule is CC(CCCO)Cc1ccc(C(F)(F)F)cc1. The van der Waals surface area contributed by atoms with Crippen molar-refractivity contribution in [3.63, 3.8) is 0 Å². The Morgan fingerprint density at radius 2 is 1.76 bits per heavy atom. The average molecular weight is 246 g/mol.